The third-order valence-electron chi connectivity index (χ3n) is 12.2. The second-order valence-corrected chi connectivity index (χ2v) is 17.0. The molecule has 0 saturated carbocycles. The number of likely N-dealkylation sites (N-methyl/N-ethyl adjacent to an activating group) is 2. The first-order chi connectivity index (χ1) is 30.0. The summed E-state index contributed by atoms with van der Waals surface area (Å²) in [5, 5.41) is 2.73. The van der Waals surface area contributed by atoms with Crippen LogP contribution in [-0.4, -0.2) is 125 Å². The van der Waals surface area contributed by atoms with Gasteiger partial charge in [-0.1, -0.05) is 35.9 Å². The standard InChI is InChI=1S/C45H40ClN9O7/c1-51-18-44(19-51)22-54(42(56)61-44)35-13-29-33(15-37(35)58-3)47-24-48-38(29)31-16-53(34-11-6-5-10-28(31)34)17-32-39-30(41(50-25-49-39)60-27-9-7-8-26(46)12-27)14-36(40(32)59-4)55-23-45(62-43(55)57)20-52(2)21-45/h5-16,24-25H,17-23H2,1-4H3. The van der Waals surface area contributed by atoms with Crippen molar-refractivity contribution in [1.29, 1.82) is 0 Å². The molecule has 2 amide bonds. The van der Waals surface area contributed by atoms with Crippen LogP contribution < -0.4 is 24.0 Å². The van der Waals surface area contributed by atoms with Gasteiger partial charge in [-0.05, 0) is 50.5 Å². The maximum atomic E-state index is 13.7. The van der Waals surface area contributed by atoms with Crippen molar-refractivity contribution in [1.82, 2.24) is 34.3 Å². The summed E-state index contributed by atoms with van der Waals surface area (Å²) >= 11 is 6.34. The summed E-state index contributed by atoms with van der Waals surface area (Å²) in [6, 6.07) is 20.7. The Labute approximate surface area is 360 Å². The fraction of sp³-hybridized carbons (Fsp3) is 0.289. The number of hydrogen-bond donors (Lipinski definition) is 0. The lowest BCUT2D eigenvalue weighted by molar-refractivity contribution is -0.0603. The molecule has 0 N–H and O–H groups in total. The molecule has 17 heteroatoms. The van der Waals surface area contributed by atoms with Gasteiger partial charge in [0.25, 0.3) is 0 Å². The van der Waals surface area contributed by atoms with Gasteiger partial charge in [-0.2, -0.15) is 0 Å². The second kappa shape index (κ2) is 14.2. The molecule has 0 bridgehead atoms. The summed E-state index contributed by atoms with van der Waals surface area (Å²) in [6.07, 6.45) is 4.15. The van der Waals surface area contributed by atoms with Gasteiger partial charge in [0.1, 0.15) is 29.9 Å². The Bertz CT molecular complexity index is 3000. The van der Waals surface area contributed by atoms with Gasteiger partial charge in [-0.25, -0.2) is 29.5 Å². The van der Waals surface area contributed by atoms with E-state index in [-0.39, 0.29) is 12.4 Å². The molecule has 3 aromatic heterocycles. The molecule has 0 unspecified atom stereocenters. The van der Waals surface area contributed by atoms with Crippen molar-refractivity contribution in [2.24, 2.45) is 0 Å². The molecule has 0 aliphatic carbocycles. The van der Waals surface area contributed by atoms with E-state index in [0.717, 1.165) is 21.9 Å². The molecule has 0 atom stereocenters. The number of hydrogen-bond acceptors (Lipinski definition) is 13. The Morgan fingerprint density at radius 3 is 2.11 bits per heavy atom. The minimum Gasteiger partial charge on any atom is -0.494 e. The third-order valence-corrected chi connectivity index (χ3v) is 12.4. The fourth-order valence-corrected chi connectivity index (χ4v) is 9.91. The summed E-state index contributed by atoms with van der Waals surface area (Å²) in [7, 11) is 7.17. The number of methoxy groups -OCH3 is 2. The average Bonchev–Trinajstić information content (AvgIpc) is 3.90. The van der Waals surface area contributed by atoms with Gasteiger partial charge in [-0.3, -0.25) is 19.6 Å². The fourth-order valence-electron chi connectivity index (χ4n) is 9.73. The first-order valence-electron chi connectivity index (χ1n) is 20.1. The molecular weight excluding hydrogens is 814 g/mol. The highest BCUT2D eigenvalue weighted by molar-refractivity contribution is 6.30. The molecule has 4 aromatic carbocycles. The molecule has 4 fully saturated rings. The summed E-state index contributed by atoms with van der Waals surface area (Å²) in [4.78, 5) is 53.5. The van der Waals surface area contributed by atoms with Crippen molar-refractivity contribution in [3.8, 4) is 34.4 Å². The van der Waals surface area contributed by atoms with Gasteiger partial charge < -0.3 is 28.3 Å². The van der Waals surface area contributed by atoms with Crippen LogP contribution in [0.1, 0.15) is 5.56 Å². The van der Waals surface area contributed by atoms with Crippen molar-refractivity contribution in [3.05, 3.63) is 96.2 Å². The van der Waals surface area contributed by atoms with E-state index in [0.29, 0.717) is 101 Å². The van der Waals surface area contributed by atoms with Gasteiger partial charge >= 0.3 is 12.2 Å². The van der Waals surface area contributed by atoms with Crippen molar-refractivity contribution in [2.75, 3.05) is 77.4 Å². The maximum absolute atomic E-state index is 13.7. The van der Waals surface area contributed by atoms with E-state index in [4.69, 9.17) is 45.3 Å². The van der Waals surface area contributed by atoms with E-state index in [1.54, 1.807) is 48.3 Å². The van der Waals surface area contributed by atoms with Crippen LogP contribution in [0.5, 0.6) is 23.1 Å². The molecule has 0 radical (unpaired) electrons. The van der Waals surface area contributed by atoms with Crippen LogP contribution in [0, 0.1) is 0 Å². The van der Waals surface area contributed by atoms with Crippen LogP contribution >= 0.6 is 11.6 Å². The van der Waals surface area contributed by atoms with Gasteiger partial charge in [0.05, 0.1) is 67.3 Å². The SMILES string of the molecule is COc1cc2ncnc(-c3cn(Cc4c(OC)c(N5CC6(CN(C)C6)OC5=O)cc5c(Oc6cccc(Cl)c6)ncnc45)c4ccccc34)c2cc1N1CC2(CN(C)C2)OC1=O. The molecule has 11 rings (SSSR count). The molecule has 314 valence electrons. The van der Waals surface area contributed by atoms with Crippen LogP contribution in [0.3, 0.4) is 0 Å². The average molecular weight is 854 g/mol. The predicted octanol–water partition coefficient (Wildman–Crippen LogP) is 6.99. The smallest absolute Gasteiger partial charge is 0.415 e. The number of benzene rings is 4. The van der Waals surface area contributed by atoms with Crippen LogP contribution in [0.25, 0.3) is 44.0 Å². The van der Waals surface area contributed by atoms with E-state index < -0.39 is 23.4 Å². The summed E-state index contributed by atoms with van der Waals surface area (Å²) < 4.78 is 32.5. The van der Waals surface area contributed by atoms with Crippen molar-refractivity contribution < 1.29 is 33.3 Å². The molecule has 7 aromatic rings. The number of nitrogens with zero attached hydrogens (tertiary/aromatic N) is 9. The van der Waals surface area contributed by atoms with Gasteiger partial charge in [0.15, 0.2) is 11.2 Å². The van der Waals surface area contributed by atoms with Crippen LogP contribution in [0.4, 0.5) is 21.0 Å². The normalized spacial score (nSPS) is 18.1. The largest absolute Gasteiger partial charge is 0.494 e. The number of aromatic nitrogens is 5. The van der Waals surface area contributed by atoms with Crippen molar-refractivity contribution in [3.63, 3.8) is 0 Å². The summed E-state index contributed by atoms with van der Waals surface area (Å²) in [5.41, 5.74) is 4.22. The first kappa shape index (κ1) is 38.2. The number of ether oxygens (including phenoxy) is 5. The molecule has 16 nitrogen and oxygen atoms in total. The van der Waals surface area contributed by atoms with Crippen molar-refractivity contribution in [2.45, 2.75) is 17.7 Å². The Morgan fingerprint density at radius 1 is 0.726 bits per heavy atom. The minimum atomic E-state index is -0.626. The van der Waals surface area contributed by atoms with E-state index in [1.165, 1.54) is 12.7 Å². The number of carbonyl (C=O) groups is 2. The monoisotopic (exact) mass is 853 g/mol. The van der Waals surface area contributed by atoms with E-state index in [9.17, 15) is 9.59 Å². The Kier molecular flexibility index (Phi) is 8.72. The molecule has 4 aliphatic rings. The lowest BCUT2D eigenvalue weighted by Gasteiger charge is -2.43. The van der Waals surface area contributed by atoms with E-state index in [2.05, 4.69) is 30.4 Å². The zero-order chi connectivity index (χ0) is 42.5. The molecule has 4 saturated heterocycles. The highest BCUT2D eigenvalue weighted by atomic mass is 35.5. The number of fused-ring (bicyclic) bond motifs is 3. The lowest BCUT2D eigenvalue weighted by Crippen LogP contribution is -2.62. The number of carbonyl (C=O) groups excluding carboxylic acids is 2. The first-order valence-corrected chi connectivity index (χ1v) is 20.5. The topological polar surface area (TPSA) is 150 Å². The van der Waals surface area contributed by atoms with Crippen LogP contribution in [0.15, 0.2) is 85.6 Å². The number of anilines is 2. The van der Waals surface area contributed by atoms with Gasteiger partial charge in [0, 0.05) is 70.9 Å². The number of amides is 2. The third kappa shape index (κ3) is 6.11. The van der Waals surface area contributed by atoms with E-state index in [1.807, 2.05) is 56.7 Å². The molecular formula is C45H40ClN9O7. The van der Waals surface area contributed by atoms with E-state index >= 15 is 0 Å². The number of rotatable bonds is 9. The molecule has 4 aliphatic heterocycles. The number of likely N-dealkylation sites (tertiary alicyclic amines) is 2. The zero-order valence-corrected chi connectivity index (χ0v) is 35.0. The maximum Gasteiger partial charge on any atom is 0.415 e. The lowest BCUT2D eigenvalue weighted by atomic mass is 9.95. The van der Waals surface area contributed by atoms with Crippen LogP contribution in [-0.2, 0) is 16.0 Å². The summed E-state index contributed by atoms with van der Waals surface area (Å²) in [6.45, 7) is 3.56. The molecule has 7 heterocycles. The Hall–Kier alpha value is -6.75. The Balaban J connectivity index is 1.06. The van der Waals surface area contributed by atoms with Crippen molar-refractivity contribution >= 4 is 67.9 Å². The van der Waals surface area contributed by atoms with Gasteiger partial charge in [0.2, 0.25) is 5.88 Å². The second-order valence-electron chi connectivity index (χ2n) is 16.6. The highest BCUT2D eigenvalue weighted by Crippen LogP contribution is 2.46. The predicted molar refractivity (Wildman–Crippen MR) is 232 cm³/mol. The quantitative estimate of drug-likeness (QED) is 0.147. The molecule has 2 spiro atoms. The number of halogens is 1. The van der Waals surface area contributed by atoms with Gasteiger partial charge in [-0.15, -0.1) is 0 Å². The Morgan fingerprint density at radius 2 is 1.42 bits per heavy atom. The minimum absolute atomic E-state index is 0.261. The zero-order valence-electron chi connectivity index (χ0n) is 34.3. The van der Waals surface area contributed by atoms with Crippen LogP contribution in [0.2, 0.25) is 5.02 Å². The molecule has 62 heavy (non-hydrogen) atoms. The summed E-state index contributed by atoms with van der Waals surface area (Å²) in [5.74, 6) is 1.73. The number of para-hydroxylation sites is 1. The highest BCUT2D eigenvalue weighted by Gasteiger charge is 2.54.